The predicted octanol–water partition coefficient (Wildman–Crippen LogP) is 8.93. The Hall–Kier alpha value is -3.42. The number of phenols is 4. The summed E-state index contributed by atoms with van der Waals surface area (Å²) in [6.07, 6.45) is 2.81. The maximum atomic E-state index is 9.78. The van der Waals surface area contributed by atoms with Crippen molar-refractivity contribution in [2.75, 3.05) is 0 Å². The maximum Gasteiger partial charge on any atom is 0.143 e. The highest BCUT2D eigenvalue weighted by Gasteiger charge is 2.08. The molecule has 0 aliphatic heterocycles. The van der Waals surface area contributed by atoms with Crippen LogP contribution in [0.3, 0.4) is 0 Å². The van der Waals surface area contributed by atoms with Gasteiger partial charge in [0.25, 0.3) is 0 Å². The molecule has 0 amide bonds. The zero-order valence-corrected chi connectivity index (χ0v) is 23.1. The predicted molar refractivity (Wildman–Crippen MR) is 156 cm³/mol. The average Bonchev–Trinajstić information content (AvgIpc) is 2.86. The third-order valence-corrected chi connectivity index (χ3v) is 6.08. The summed E-state index contributed by atoms with van der Waals surface area (Å²) in [4.78, 5) is 8.26. The normalized spacial score (nSPS) is 11.1. The molecule has 0 heterocycles. The highest BCUT2D eigenvalue weighted by Crippen LogP contribution is 2.33. The van der Waals surface area contributed by atoms with Crippen LogP contribution < -0.4 is 0 Å². The van der Waals surface area contributed by atoms with Crippen LogP contribution in [-0.2, 0) is 0 Å². The van der Waals surface area contributed by atoms with Crippen LogP contribution in [0.1, 0.15) is 22.3 Å². The van der Waals surface area contributed by atoms with Gasteiger partial charge in [0.05, 0.1) is 10.0 Å². The van der Waals surface area contributed by atoms with Crippen molar-refractivity contribution in [2.24, 2.45) is 9.98 Å². The van der Waals surface area contributed by atoms with Crippen molar-refractivity contribution < 1.29 is 20.4 Å². The van der Waals surface area contributed by atoms with E-state index < -0.39 is 0 Å². The average molecular weight is 592 g/mol. The molecule has 0 saturated heterocycles. The van der Waals surface area contributed by atoms with Gasteiger partial charge in [-0.25, -0.2) is 0 Å². The molecule has 0 bridgehead atoms. The highest BCUT2D eigenvalue weighted by molar-refractivity contribution is 6.36. The van der Waals surface area contributed by atoms with Crippen molar-refractivity contribution in [1.82, 2.24) is 0 Å². The van der Waals surface area contributed by atoms with Gasteiger partial charge in [-0.3, -0.25) is 9.98 Å². The van der Waals surface area contributed by atoms with Crippen LogP contribution in [0.2, 0.25) is 20.1 Å². The topological polar surface area (TPSA) is 106 Å². The van der Waals surface area contributed by atoms with Gasteiger partial charge in [-0.1, -0.05) is 58.5 Å². The molecule has 196 valence electrons. The summed E-state index contributed by atoms with van der Waals surface area (Å²) < 4.78 is 0. The Balaban J connectivity index is 0.000000211. The van der Waals surface area contributed by atoms with E-state index in [0.29, 0.717) is 32.5 Å². The van der Waals surface area contributed by atoms with Crippen molar-refractivity contribution in [3.05, 3.63) is 103 Å². The van der Waals surface area contributed by atoms with Gasteiger partial charge in [-0.15, -0.1) is 0 Å². The summed E-state index contributed by atoms with van der Waals surface area (Å²) >= 11 is 23.3. The van der Waals surface area contributed by atoms with Gasteiger partial charge in [-0.2, -0.15) is 0 Å². The first-order valence-corrected chi connectivity index (χ1v) is 12.5. The van der Waals surface area contributed by atoms with Gasteiger partial charge in [0, 0.05) is 33.6 Å². The number of halogens is 4. The first-order chi connectivity index (χ1) is 17.9. The van der Waals surface area contributed by atoms with Gasteiger partial charge in [-0.05, 0) is 73.5 Å². The fourth-order valence-electron chi connectivity index (χ4n) is 3.12. The van der Waals surface area contributed by atoms with Crippen LogP contribution in [0, 0.1) is 13.8 Å². The maximum absolute atomic E-state index is 9.78. The van der Waals surface area contributed by atoms with Crippen molar-refractivity contribution in [3.63, 3.8) is 0 Å². The molecular formula is C28H22Cl4N2O4. The van der Waals surface area contributed by atoms with E-state index in [0.717, 1.165) is 11.1 Å². The Morgan fingerprint density at radius 3 is 1.29 bits per heavy atom. The van der Waals surface area contributed by atoms with Crippen LogP contribution in [0.25, 0.3) is 0 Å². The lowest BCUT2D eigenvalue weighted by Gasteiger charge is -2.03. The minimum absolute atomic E-state index is 0.0643. The molecule has 10 heteroatoms. The Labute approximate surface area is 239 Å². The number of hydrogen-bond acceptors (Lipinski definition) is 6. The van der Waals surface area contributed by atoms with E-state index in [2.05, 4.69) is 9.98 Å². The summed E-state index contributed by atoms with van der Waals surface area (Å²) in [6.45, 7) is 3.79. The minimum Gasteiger partial charge on any atom is -0.506 e. The Morgan fingerprint density at radius 1 is 0.553 bits per heavy atom. The monoisotopic (exact) mass is 590 g/mol. The molecule has 4 aromatic carbocycles. The molecule has 0 saturated carbocycles. The standard InChI is InChI=1S/2C14H11Cl2NO2/c2*1-8-2-3-13(18)12(4-8)17-7-9-5-10(15)6-11(16)14(9)19/h2*2-7,18-19H,1H3. The summed E-state index contributed by atoms with van der Waals surface area (Å²) in [5, 5.41) is 40.0. The second-order valence-electron chi connectivity index (χ2n) is 8.15. The molecule has 0 aliphatic rings. The molecule has 0 aliphatic carbocycles. The van der Waals surface area contributed by atoms with Gasteiger partial charge in [0.15, 0.2) is 0 Å². The van der Waals surface area contributed by atoms with Crippen molar-refractivity contribution in [2.45, 2.75) is 13.8 Å². The fraction of sp³-hybridized carbons (Fsp3) is 0.0714. The molecular weight excluding hydrogens is 570 g/mol. The molecule has 0 aromatic heterocycles. The lowest BCUT2D eigenvalue weighted by Crippen LogP contribution is -1.84. The molecule has 6 nitrogen and oxygen atoms in total. The Kier molecular flexibility index (Phi) is 9.89. The molecule has 4 N–H and O–H groups in total. The third kappa shape index (κ3) is 7.79. The molecule has 38 heavy (non-hydrogen) atoms. The molecule has 4 rings (SSSR count). The van der Waals surface area contributed by atoms with E-state index in [9.17, 15) is 20.4 Å². The van der Waals surface area contributed by atoms with Crippen LogP contribution >= 0.6 is 46.4 Å². The number of benzene rings is 4. The summed E-state index contributed by atoms with van der Waals surface area (Å²) in [6, 6.07) is 16.1. The SMILES string of the molecule is Cc1ccc(O)c(N=Cc2cc(Cl)cc(Cl)c2O)c1.Cc1ccc(O)c(N=Cc2cc(Cl)cc(Cl)c2O)c1. The fourth-order valence-corrected chi connectivity index (χ4v) is 4.14. The van der Waals surface area contributed by atoms with E-state index in [-0.39, 0.29) is 33.0 Å². The smallest absolute Gasteiger partial charge is 0.143 e. The molecule has 0 radical (unpaired) electrons. The molecule has 0 atom stereocenters. The quantitative estimate of drug-likeness (QED) is 0.178. The van der Waals surface area contributed by atoms with E-state index >= 15 is 0 Å². The number of aryl methyl sites for hydroxylation is 2. The first-order valence-electron chi connectivity index (χ1n) is 11.0. The zero-order chi connectivity index (χ0) is 28.0. The van der Waals surface area contributed by atoms with E-state index in [1.807, 2.05) is 13.8 Å². The number of phenolic OH excluding ortho intramolecular Hbond substituents is 4. The zero-order valence-electron chi connectivity index (χ0n) is 20.1. The van der Waals surface area contributed by atoms with E-state index in [4.69, 9.17) is 46.4 Å². The Bertz CT molecular complexity index is 1420. The number of aromatic hydroxyl groups is 4. The van der Waals surface area contributed by atoms with Crippen molar-refractivity contribution in [1.29, 1.82) is 0 Å². The van der Waals surface area contributed by atoms with Crippen molar-refractivity contribution >= 4 is 70.2 Å². The summed E-state index contributed by atoms with van der Waals surface area (Å²) in [5.74, 6) is -0.0622. The van der Waals surface area contributed by atoms with Crippen LogP contribution in [0.5, 0.6) is 23.0 Å². The van der Waals surface area contributed by atoms with Gasteiger partial charge < -0.3 is 20.4 Å². The van der Waals surface area contributed by atoms with Crippen molar-refractivity contribution in [3.8, 4) is 23.0 Å². The number of hydrogen-bond donors (Lipinski definition) is 4. The van der Waals surface area contributed by atoms with Crippen LogP contribution in [0.4, 0.5) is 11.4 Å². The molecule has 0 unspecified atom stereocenters. The number of nitrogens with zero attached hydrogens (tertiary/aromatic N) is 2. The van der Waals surface area contributed by atoms with Crippen LogP contribution in [-0.4, -0.2) is 32.9 Å². The molecule has 4 aromatic rings. The second-order valence-corrected chi connectivity index (χ2v) is 9.84. The van der Waals surface area contributed by atoms with E-state index in [1.54, 1.807) is 48.5 Å². The lowest BCUT2D eigenvalue weighted by molar-refractivity contribution is 0.474. The van der Waals surface area contributed by atoms with Gasteiger partial charge in [0.1, 0.15) is 34.4 Å². The number of rotatable bonds is 4. The summed E-state index contributed by atoms with van der Waals surface area (Å²) in [5.41, 5.74) is 3.54. The number of aliphatic imine (C=N–C) groups is 2. The van der Waals surface area contributed by atoms with E-state index in [1.165, 1.54) is 24.6 Å². The first kappa shape index (κ1) is 29.1. The molecule has 0 spiro atoms. The van der Waals surface area contributed by atoms with Gasteiger partial charge >= 0.3 is 0 Å². The highest BCUT2D eigenvalue weighted by atomic mass is 35.5. The van der Waals surface area contributed by atoms with Gasteiger partial charge in [0.2, 0.25) is 0 Å². The van der Waals surface area contributed by atoms with Crippen LogP contribution in [0.15, 0.2) is 70.6 Å². The lowest BCUT2D eigenvalue weighted by atomic mass is 10.2. The largest absolute Gasteiger partial charge is 0.506 e. The minimum atomic E-state index is -0.0954. The summed E-state index contributed by atoms with van der Waals surface area (Å²) in [7, 11) is 0. The Morgan fingerprint density at radius 2 is 0.921 bits per heavy atom. The molecule has 0 fully saturated rings. The third-order valence-electron chi connectivity index (χ3n) is 5.06. The second kappa shape index (κ2) is 12.9.